The molecule has 1 amide bonds. The fraction of sp³-hybridized carbons (Fsp3) is 0.211. The van der Waals surface area contributed by atoms with Crippen LogP contribution in [0.25, 0.3) is 11.0 Å². The van der Waals surface area contributed by atoms with Gasteiger partial charge in [-0.25, -0.2) is 0 Å². The van der Waals surface area contributed by atoms with Gasteiger partial charge in [-0.15, -0.1) is 0 Å². The number of halogens is 2. The van der Waals surface area contributed by atoms with E-state index in [1.807, 2.05) is 25.1 Å². The van der Waals surface area contributed by atoms with Crippen LogP contribution in [0.2, 0.25) is 0 Å². The maximum absolute atomic E-state index is 12.4. The fourth-order valence-electron chi connectivity index (χ4n) is 2.67. The quantitative estimate of drug-likeness (QED) is 0.712. The lowest BCUT2D eigenvalue weighted by atomic mass is 10.1. The molecule has 2 aromatic carbocycles. The van der Waals surface area contributed by atoms with Crippen LogP contribution in [0.15, 0.2) is 46.9 Å². The lowest BCUT2D eigenvalue weighted by Gasteiger charge is -2.11. The van der Waals surface area contributed by atoms with Crippen molar-refractivity contribution in [1.82, 2.24) is 5.32 Å². The van der Waals surface area contributed by atoms with Gasteiger partial charge in [0.05, 0.1) is 7.11 Å². The fourth-order valence-corrected chi connectivity index (χ4v) is 2.67. The Morgan fingerprint density at radius 1 is 1.19 bits per heavy atom. The summed E-state index contributed by atoms with van der Waals surface area (Å²) in [6.45, 7) is -0.938. The van der Waals surface area contributed by atoms with E-state index in [2.05, 4.69) is 10.1 Å². The summed E-state index contributed by atoms with van der Waals surface area (Å²) in [6, 6.07) is 11.9. The van der Waals surface area contributed by atoms with Crippen LogP contribution in [-0.2, 0) is 6.54 Å². The zero-order valence-corrected chi connectivity index (χ0v) is 14.2. The maximum atomic E-state index is 12.4. The molecule has 0 saturated heterocycles. The van der Waals surface area contributed by atoms with Crippen molar-refractivity contribution in [3.8, 4) is 11.5 Å². The van der Waals surface area contributed by atoms with Gasteiger partial charge >= 0.3 is 6.61 Å². The molecule has 0 saturated carbocycles. The summed E-state index contributed by atoms with van der Waals surface area (Å²) >= 11 is 0. The molecule has 7 heteroatoms. The molecule has 0 fully saturated rings. The van der Waals surface area contributed by atoms with E-state index in [9.17, 15) is 13.6 Å². The normalized spacial score (nSPS) is 11.0. The van der Waals surface area contributed by atoms with Crippen LogP contribution in [0.5, 0.6) is 11.5 Å². The van der Waals surface area contributed by atoms with Crippen LogP contribution in [-0.4, -0.2) is 19.6 Å². The Kier molecular flexibility index (Phi) is 5.06. The molecule has 0 radical (unpaired) electrons. The van der Waals surface area contributed by atoms with E-state index in [1.54, 1.807) is 12.1 Å². The lowest BCUT2D eigenvalue weighted by Crippen LogP contribution is -2.23. The van der Waals surface area contributed by atoms with Gasteiger partial charge in [0.15, 0.2) is 17.3 Å². The number of amides is 1. The van der Waals surface area contributed by atoms with E-state index in [0.717, 1.165) is 10.9 Å². The smallest absolute Gasteiger partial charge is 0.387 e. The highest BCUT2D eigenvalue weighted by atomic mass is 19.3. The number of methoxy groups -OCH3 is 1. The van der Waals surface area contributed by atoms with Crippen molar-refractivity contribution < 1.29 is 27.5 Å². The van der Waals surface area contributed by atoms with Crippen molar-refractivity contribution in [2.75, 3.05) is 7.11 Å². The second-order valence-electron chi connectivity index (χ2n) is 5.60. The Labute approximate surface area is 148 Å². The summed E-state index contributed by atoms with van der Waals surface area (Å²) in [4.78, 5) is 12.4. The molecule has 0 aliphatic carbocycles. The molecular formula is C19H17F2NO4. The number of ether oxygens (including phenoxy) is 2. The van der Waals surface area contributed by atoms with Crippen LogP contribution < -0.4 is 14.8 Å². The van der Waals surface area contributed by atoms with Crippen LogP contribution >= 0.6 is 0 Å². The van der Waals surface area contributed by atoms with E-state index in [-0.39, 0.29) is 29.7 Å². The van der Waals surface area contributed by atoms with Crippen molar-refractivity contribution in [1.29, 1.82) is 0 Å². The number of para-hydroxylation sites is 1. The van der Waals surface area contributed by atoms with Crippen LogP contribution in [0.3, 0.4) is 0 Å². The summed E-state index contributed by atoms with van der Waals surface area (Å²) in [5, 5.41) is 3.63. The summed E-state index contributed by atoms with van der Waals surface area (Å²) < 4.78 is 39.8. The van der Waals surface area contributed by atoms with Crippen molar-refractivity contribution in [3.63, 3.8) is 0 Å². The zero-order valence-electron chi connectivity index (χ0n) is 14.2. The third kappa shape index (κ3) is 3.61. The molecule has 0 aliphatic heterocycles. The number of alkyl halides is 2. The van der Waals surface area contributed by atoms with Crippen LogP contribution in [0.1, 0.15) is 21.7 Å². The molecule has 3 rings (SSSR count). The molecule has 1 N–H and O–H groups in total. The second-order valence-corrected chi connectivity index (χ2v) is 5.60. The first kappa shape index (κ1) is 17.7. The van der Waals surface area contributed by atoms with E-state index in [0.29, 0.717) is 11.1 Å². The molecule has 5 nitrogen and oxygen atoms in total. The van der Waals surface area contributed by atoms with Gasteiger partial charge in [0, 0.05) is 17.5 Å². The Morgan fingerprint density at radius 3 is 2.65 bits per heavy atom. The largest absolute Gasteiger partial charge is 0.493 e. The average Bonchev–Trinajstić information content (AvgIpc) is 2.97. The zero-order chi connectivity index (χ0) is 18.7. The summed E-state index contributed by atoms with van der Waals surface area (Å²) in [5.74, 6) is -0.0101. The molecule has 1 aromatic heterocycles. The number of rotatable bonds is 6. The number of carbonyl (C=O) groups excluding carboxylic acids is 1. The van der Waals surface area contributed by atoms with Gasteiger partial charge in [0.1, 0.15) is 5.58 Å². The topological polar surface area (TPSA) is 60.7 Å². The van der Waals surface area contributed by atoms with E-state index in [4.69, 9.17) is 9.15 Å². The third-order valence-corrected chi connectivity index (χ3v) is 3.95. The first-order valence-corrected chi connectivity index (χ1v) is 7.87. The van der Waals surface area contributed by atoms with Gasteiger partial charge in [-0.3, -0.25) is 4.79 Å². The van der Waals surface area contributed by atoms with Gasteiger partial charge in [-0.1, -0.05) is 24.3 Å². The number of benzene rings is 2. The Hall–Kier alpha value is -3.09. The molecule has 3 aromatic rings. The minimum absolute atomic E-state index is 0.0642. The number of fused-ring (bicyclic) bond motifs is 1. The maximum Gasteiger partial charge on any atom is 0.387 e. The highest BCUT2D eigenvalue weighted by Crippen LogP contribution is 2.29. The summed E-state index contributed by atoms with van der Waals surface area (Å²) in [6.07, 6.45) is 0. The number of hydrogen-bond acceptors (Lipinski definition) is 4. The Morgan fingerprint density at radius 2 is 1.96 bits per heavy atom. The van der Waals surface area contributed by atoms with Gasteiger partial charge in [0.25, 0.3) is 5.91 Å². The van der Waals surface area contributed by atoms with E-state index < -0.39 is 6.61 Å². The monoisotopic (exact) mass is 361 g/mol. The summed E-state index contributed by atoms with van der Waals surface area (Å²) in [5.41, 5.74) is 2.08. The third-order valence-electron chi connectivity index (χ3n) is 3.95. The molecule has 26 heavy (non-hydrogen) atoms. The van der Waals surface area contributed by atoms with Gasteiger partial charge in [0.2, 0.25) is 0 Å². The molecule has 0 spiro atoms. The number of furan rings is 1. The molecular weight excluding hydrogens is 344 g/mol. The van der Waals surface area contributed by atoms with Gasteiger partial charge < -0.3 is 19.2 Å². The molecule has 136 valence electrons. The number of aryl methyl sites for hydroxylation is 1. The first-order chi connectivity index (χ1) is 12.5. The van der Waals surface area contributed by atoms with Crippen LogP contribution in [0, 0.1) is 6.92 Å². The van der Waals surface area contributed by atoms with E-state index in [1.165, 1.54) is 19.2 Å². The predicted octanol–water partition coefficient (Wildman–Crippen LogP) is 4.28. The highest BCUT2D eigenvalue weighted by molar-refractivity contribution is 5.98. The van der Waals surface area contributed by atoms with Crippen molar-refractivity contribution >= 4 is 16.9 Å². The minimum Gasteiger partial charge on any atom is -0.493 e. The molecule has 0 unspecified atom stereocenters. The average molecular weight is 361 g/mol. The summed E-state index contributed by atoms with van der Waals surface area (Å²) in [7, 11) is 1.35. The molecule has 0 atom stereocenters. The van der Waals surface area contributed by atoms with Crippen molar-refractivity contribution in [2.24, 2.45) is 0 Å². The number of hydrogen-bond donors (Lipinski definition) is 1. The van der Waals surface area contributed by atoms with E-state index >= 15 is 0 Å². The number of nitrogens with one attached hydrogen (secondary N) is 1. The lowest BCUT2D eigenvalue weighted by molar-refractivity contribution is -0.0512. The van der Waals surface area contributed by atoms with Crippen LogP contribution in [0.4, 0.5) is 8.78 Å². The van der Waals surface area contributed by atoms with Gasteiger partial charge in [-0.2, -0.15) is 8.78 Å². The first-order valence-electron chi connectivity index (χ1n) is 7.87. The molecule has 0 aliphatic rings. The molecule has 1 heterocycles. The SMILES string of the molecule is COc1cc(CNC(=O)c2oc3ccccc3c2C)ccc1OC(F)F. The standard InChI is InChI=1S/C19H17F2NO4/c1-11-13-5-3-4-6-14(13)25-17(11)18(23)22-10-12-7-8-15(26-19(20)21)16(9-12)24-2/h3-9,19H,10H2,1-2H3,(H,22,23). The van der Waals surface area contributed by atoms with Crippen molar-refractivity contribution in [3.05, 3.63) is 59.4 Å². The number of carbonyl (C=O) groups is 1. The second kappa shape index (κ2) is 7.43. The molecule has 0 bridgehead atoms. The Bertz CT molecular complexity index is 936. The highest BCUT2D eigenvalue weighted by Gasteiger charge is 2.17. The van der Waals surface area contributed by atoms with Gasteiger partial charge in [-0.05, 0) is 30.7 Å². The predicted molar refractivity (Wildman–Crippen MR) is 91.7 cm³/mol. The Balaban J connectivity index is 1.73. The minimum atomic E-state index is -2.94. The van der Waals surface area contributed by atoms with Crippen molar-refractivity contribution in [2.45, 2.75) is 20.1 Å².